The molecule has 2 fully saturated rings. The molecule has 0 aromatic heterocycles. The maximum absolute atomic E-state index is 11.0. The summed E-state index contributed by atoms with van der Waals surface area (Å²) in [4.78, 5) is 13.3. The number of aliphatic carboxylic acids is 1. The molecule has 0 bridgehead atoms. The lowest BCUT2D eigenvalue weighted by molar-refractivity contribution is -0.142. The highest BCUT2D eigenvalue weighted by Crippen LogP contribution is 2.42. The molecule has 1 saturated carbocycles. The van der Waals surface area contributed by atoms with Crippen molar-refractivity contribution in [1.29, 1.82) is 0 Å². The Bertz CT molecular complexity index is 213. The van der Waals surface area contributed by atoms with Gasteiger partial charge in [0, 0.05) is 6.04 Å². The van der Waals surface area contributed by atoms with Crippen LogP contribution in [-0.2, 0) is 4.79 Å². The van der Waals surface area contributed by atoms with Crippen molar-refractivity contribution in [3.8, 4) is 0 Å². The van der Waals surface area contributed by atoms with Crippen molar-refractivity contribution in [2.45, 2.75) is 32.2 Å². The van der Waals surface area contributed by atoms with Gasteiger partial charge in [-0.2, -0.15) is 0 Å². The van der Waals surface area contributed by atoms with Gasteiger partial charge in [0.25, 0.3) is 0 Å². The van der Waals surface area contributed by atoms with Crippen LogP contribution < -0.4 is 0 Å². The molecule has 3 nitrogen and oxygen atoms in total. The number of rotatable bonds is 3. The van der Waals surface area contributed by atoms with Gasteiger partial charge in [0.15, 0.2) is 0 Å². The molecule has 2 atom stereocenters. The molecule has 13 heavy (non-hydrogen) atoms. The van der Waals surface area contributed by atoms with Crippen LogP contribution >= 0.6 is 0 Å². The van der Waals surface area contributed by atoms with Gasteiger partial charge < -0.3 is 5.11 Å². The van der Waals surface area contributed by atoms with Crippen LogP contribution in [0.1, 0.15) is 26.2 Å². The van der Waals surface area contributed by atoms with Crippen LogP contribution in [0.15, 0.2) is 0 Å². The molecule has 0 amide bonds. The third-order valence-electron chi connectivity index (χ3n) is 3.39. The zero-order valence-electron chi connectivity index (χ0n) is 8.07. The maximum atomic E-state index is 11.0. The van der Waals surface area contributed by atoms with Crippen molar-refractivity contribution < 1.29 is 9.90 Å². The van der Waals surface area contributed by atoms with Crippen LogP contribution in [-0.4, -0.2) is 35.1 Å². The first-order valence-corrected chi connectivity index (χ1v) is 5.21. The monoisotopic (exact) mass is 183 g/mol. The minimum absolute atomic E-state index is 0.0903. The standard InChI is InChI=1S/C10H17NO2/c1-2-11-6-5-8(10(12)13)9(11)7-3-4-7/h7-9H,2-6H2,1H3,(H,12,13)/t8-,9+/m0/s1. The lowest BCUT2D eigenvalue weighted by Gasteiger charge is -2.25. The molecule has 2 rings (SSSR count). The van der Waals surface area contributed by atoms with E-state index in [1.807, 2.05) is 0 Å². The van der Waals surface area contributed by atoms with E-state index in [0.29, 0.717) is 12.0 Å². The fraction of sp³-hybridized carbons (Fsp3) is 0.900. The van der Waals surface area contributed by atoms with E-state index < -0.39 is 5.97 Å². The number of carbonyl (C=O) groups is 1. The van der Waals surface area contributed by atoms with Crippen molar-refractivity contribution in [2.75, 3.05) is 13.1 Å². The second-order valence-corrected chi connectivity index (χ2v) is 4.19. The van der Waals surface area contributed by atoms with Gasteiger partial charge in [-0.05, 0) is 38.3 Å². The molecule has 0 spiro atoms. The average Bonchev–Trinajstić information content (AvgIpc) is 2.84. The van der Waals surface area contributed by atoms with Gasteiger partial charge in [-0.1, -0.05) is 6.92 Å². The lowest BCUT2D eigenvalue weighted by Crippen LogP contribution is -2.37. The molecule has 1 saturated heterocycles. The molecule has 3 heteroatoms. The molecule has 0 aromatic carbocycles. The summed E-state index contributed by atoms with van der Waals surface area (Å²) < 4.78 is 0. The number of likely N-dealkylation sites (tertiary alicyclic amines) is 1. The largest absolute Gasteiger partial charge is 0.481 e. The highest BCUT2D eigenvalue weighted by atomic mass is 16.4. The van der Waals surface area contributed by atoms with Gasteiger partial charge >= 0.3 is 5.97 Å². The number of carboxylic acid groups (broad SMARTS) is 1. The number of hydrogen-bond donors (Lipinski definition) is 1. The third-order valence-corrected chi connectivity index (χ3v) is 3.39. The SMILES string of the molecule is CCN1CC[C@H](C(=O)O)[C@H]1C1CC1. The zero-order chi connectivity index (χ0) is 9.42. The normalized spacial score (nSPS) is 35.2. The average molecular weight is 183 g/mol. The quantitative estimate of drug-likeness (QED) is 0.714. The van der Waals surface area contributed by atoms with Crippen LogP contribution in [0.25, 0.3) is 0 Å². The van der Waals surface area contributed by atoms with Gasteiger partial charge in [-0.15, -0.1) is 0 Å². The topological polar surface area (TPSA) is 40.5 Å². The van der Waals surface area contributed by atoms with Crippen molar-refractivity contribution in [2.24, 2.45) is 11.8 Å². The Morgan fingerprint density at radius 1 is 1.46 bits per heavy atom. The fourth-order valence-electron chi connectivity index (χ4n) is 2.58. The van der Waals surface area contributed by atoms with Gasteiger partial charge in [0.2, 0.25) is 0 Å². The summed E-state index contributed by atoms with van der Waals surface area (Å²) in [6.45, 7) is 4.11. The van der Waals surface area contributed by atoms with Gasteiger partial charge in [-0.25, -0.2) is 0 Å². The Balaban J connectivity index is 2.07. The minimum atomic E-state index is -0.590. The second kappa shape index (κ2) is 3.29. The van der Waals surface area contributed by atoms with E-state index in [1.54, 1.807) is 0 Å². The summed E-state index contributed by atoms with van der Waals surface area (Å²) >= 11 is 0. The van der Waals surface area contributed by atoms with Crippen molar-refractivity contribution in [3.05, 3.63) is 0 Å². The van der Waals surface area contributed by atoms with Crippen molar-refractivity contribution in [3.63, 3.8) is 0 Å². The van der Waals surface area contributed by atoms with E-state index in [-0.39, 0.29) is 5.92 Å². The Kier molecular flexibility index (Phi) is 2.28. The summed E-state index contributed by atoms with van der Waals surface area (Å²) in [5.74, 6) is 0.00356. The zero-order valence-corrected chi connectivity index (χ0v) is 8.07. The fourth-order valence-corrected chi connectivity index (χ4v) is 2.58. The van der Waals surface area contributed by atoms with Crippen LogP contribution in [0.2, 0.25) is 0 Å². The lowest BCUT2D eigenvalue weighted by atomic mass is 9.97. The molecule has 1 aliphatic carbocycles. The number of nitrogens with zero attached hydrogens (tertiary/aromatic N) is 1. The van der Waals surface area contributed by atoms with E-state index >= 15 is 0 Å². The van der Waals surface area contributed by atoms with E-state index in [2.05, 4.69) is 11.8 Å². The molecule has 0 aromatic rings. The Labute approximate surface area is 78.7 Å². The second-order valence-electron chi connectivity index (χ2n) is 4.19. The first-order valence-electron chi connectivity index (χ1n) is 5.21. The van der Waals surface area contributed by atoms with E-state index in [4.69, 9.17) is 5.11 Å². The van der Waals surface area contributed by atoms with Crippen molar-refractivity contribution in [1.82, 2.24) is 4.90 Å². The van der Waals surface area contributed by atoms with Crippen LogP contribution in [0.4, 0.5) is 0 Å². The molecule has 0 radical (unpaired) electrons. The van der Waals surface area contributed by atoms with Gasteiger partial charge in [-0.3, -0.25) is 9.69 Å². The highest BCUT2D eigenvalue weighted by molar-refractivity contribution is 5.71. The third kappa shape index (κ3) is 1.57. The highest BCUT2D eigenvalue weighted by Gasteiger charge is 2.46. The summed E-state index contributed by atoms with van der Waals surface area (Å²) in [7, 11) is 0. The maximum Gasteiger partial charge on any atom is 0.308 e. The molecular formula is C10H17NO2. The first-order chi connectivity index (χ1) is 6.24. The molecule has 1 aliphatic heterocycles. The van der Waals surface area contributed by atoms with Crippen molar-refractivity contribution >= 4 is 5.97 Å². The van der Waals surface area contributed by atoms with Crippen LogP contribution in [0, 0.1) is 11.8 Å². The van der Waals surface area contributed by atoms with Gasteiger partial charge in [0.05, 0.1) is 5.92 Å². The molecule has 1 N–H and O–H groups in total. The summed E-state index contributed by atoms with van der Waals surface area (Å²) in [6, 6.07) is 0.350. The summed E-state index contributed by atoms with van der Waals surface area (Å²) in [5.41, 5.74) is 0. The first kappa shape index (κ1) is 9.00. The summed E-state index contributed by atoms with van der Waals surface area (Å²) in [6.07, 6.45) is 3.33. The molecular weight excluding hydrogens is 166 g/mol. The van der Waals surface area contributed by atoms with E-state index in [0.717, 1.165) is 19.5 Å². The van der Waals surface area contributed by atoms with Crippen LogP contribution in [0.3, 0.4) is 0 Å². The number of carboxylic acids is 1. The van der Waals surface area contributed by atoms with Gasteiger partial charge in [0.1, 0.15) is 0 Å². The molecule has 1 heterocycles. The van der Waals surface area contributed by atoms with E-state index in [9.17, 15) is 4.79 Å². The Morgan fingerprint density at radius 3 is 2.62 bits per heavy atom. The molecule has 74 valence electrons. The predicted octanol–water partition coefficient (Wildman–Crippen LogP) is 1.19. The minimum Gasteiger partial charge on any atom is -0.481 e. The number of hydrogen-bond acceptors (Lipinski definition) is 2. The van der Waals surface area contributed by atoms with E-state index in [1.165, 1.54) is 12.8 Å². The Hall–Kier alpha value is -0.570. The van der Waals surface area contributed by atoms with Crippen LogP contribution in [0.5, 0.6) is 0 Å². The summed E-state index contributed by atoms with van der Waals surface area (Å²) in [5, 5.41) is 9.05. The Morgan fingerprint density at radius 2 is 2.15 bits per heavy atom. The predicted molar refractivity (Wildman–Crippen MR) is 49.5 cm³/mol. The molecule has 2 aliphatic rings. The smallest absolute Gasteiger partial charge is 0.308 e. The molecule has 0 unspecified atom stereocenters.